The summed E-state index contributed by atoms with van der Waals surface area (Å²) >= 11 is 0. The molecule has 0 atom stereocenters. The molecule has 0 aromatic heterocycles. The van der Waals surface area contributed by atoms with E-state index >= 15 is 0 Å². The molecule has 0 heterocycles. The minimum Gasteiger partial charge on any atom is -0.399 e. The summed E-state index contributed by atoms with van der Waals surface area (Å²) < 4.78 is 28.1. The van der Waals surface area contributed by atoms with Gasteiger partial charge in [-0.15, -0.1) is 0 Å². The molecule has 0 spiro atoms. The molecule has 0 bridgehead atoms. The van der Waals surface area contributed by atoms with Crippen molar-refractivity contribution in [2.75, 3.05) is 5.73 Å². The Morgan fingerprint density at radius 2 is 1.59 bits per heavy atom. The summed E-state index contributed by atoms with van der Waals surface area (Å²) in [5, 5.41) is 0. The van der Waals surface area contributed by atoms with Gasteiger partial charge in [-0.05, 0) is 51.5 Å². The molecule has 0 unspecified atom stereocenters. The van der Waals surface area contributed by atoms with Crippen LogP contribution in [-0.4, -0.2) is 14.0 Å². The number of hydrogen-bond acceptors (Lipinski definition) is 3. The van der Waals surface area contributed by atoms with E-state index < -0.39 is 15.6 Å². The van der Waals surface area contributed by atoms with Crippen molar-refractivity contribution in [2.24, 2.45) is 0 Å². The molecule has 118 valence electrons. The normalized spacial score (nSPS) is 12.4. The molecule has 2 rings (SSSR count). The van der Waals surface area contributed by atoms with E-state index in [0.29, 0.717) is 11.3 Å². The van der Waals surface area contributed by atoms with Crippen LogP contribution in [0.25, 0.3) is 11.1 Å². The molecule has 2 aromatic carbocycles. The quantitative estimate of drug-likeness (QED) is 0.853. The Morgan fingerprint density at radius 1 is 1.00 bits per heavy atom. The van der Waals surface area contributed by atoms with Crippen LogP contribution in [0.5, 0.6) is 0 Å². The Morgan fingerprint density at radius 3 is 2.14 bits per heavy atom. The van der Waals surface area contributed by atoms with E-state index in [1.807, 2.05) is 45.9 Å². The fourth-order valence-corrected chi connectivity index (χ4v) is 3.85. The second-order valence-electron chi connectivity index (χ2n) is 6.48. The summed E-state index contributed by atoms with van der Waals surface area (Å²) in [5.74, 6) is 0. The highest BCUT2D eigenvalue weighted by Gasteiger charge is 2.24. The smallest absolute Gasteiger partial charge is 0.241 e. The second-order valence-corrected chi connectivity index (χ2v) is 8.13. The molecule has 3 N–H and O–H groups in total. The number of sulfonamides is 1. The maximum Gasteiger partial charge on any atom is 0.241 e. The monoisotopic (exact) mass is 318 g/mol. The molecular weight excluding hydrogens is 296 g/mol. The summed E-state index contributed by atoms with van der Waals surface area (Å²) in [4.78, 5) is 0.276. The van der Waals surface area contributed by atoms with Crippen LogP contribution in [0.3, 0.4) is 0 Å². The topological polar surface area (TPSA) is 72.2 Å². The highest BCUT2D eigenvalue weighted by molar-refractivity contribution is 7.89. The SMILES string of the molecule is Cc1ccc(S(=O)(=O)NC(C)(C)C)c(-c2ccc(N)cc2)c1. The van der Waals surface area contributed by atoms with E-state index in [2.05, 4.69) is 4.72 Å². The van der Waals surface area contributed by atoms with Gasteiger partial charge in [0.15, 0.2) is 0 Å². The number of nitrogens with one attached hydrogen (secondary N) is 1. The molecule has 0 amide bonds. The van der Waals surface area contributed by atoms with Crippen LogP contribution in [0.2, 0.25) is 0 Å². The number of aryl methyl sites for hydroxylation is 1. The third-order valence-electron chi connectivity index (χ3n) is 3.09. The molecule has 0 aliphatic rings. The van der Waals surface area contributed by atoms with Gasteiger partial charge in [-0.1, -0.05) is 29.8 Å². The average Bonchev–Trinajstić information content (AvgIpc) is 2.36. The summed E-state index contributed by atoms with van der Waals surface area (Å²) in [5.41, 5.74) is 8.32. The molecular formula is C17H22N2O2S. The van der Waals surface area contributed by atoms with Gasteiger partial charge in [0.1, 0.15) is 0 Å². The van der Waals surface area contributed by atoms with Gasteiger partial charge in [-0.2, -0.15) is 0 Å². The first-order valence-electron chi connectivity index (χ1n) is 7.09. The molecule has 0 aliphatic heterocycles. The molecule has 2 aromatic rings. The van der Waals surface area contributed by atoms with E-state index in [1.165, 1.54) is 0 Å². The molecule has 22 heavy (non-hydrogen) atoms. The van der Waals surface area contributed by atoms with Crippen LogP contribution < -0.4 is 10.5 Å². The van der Waals surface area contributed by atoms with Gasteiger partial charge in [-0.3, -0.25) is 0 Å². The minimum absolute atomic E-state index is 0.276. The maximum atomic E-state index is 12.7. The van der Waals surface area contributed by atoms with Crippen molar-refractivity contribution < 1.29 is 8.42 Å². The number of rotatable bonds is 3. The summed E-state index contributed by atoms with van der Waals surface area (Å²) in [6.45, 7) is 7.40. The molecule has 0 aliphatic carbocycles. The number of nitrogens with two attached hydrogens (primary N) is 1. The van der Waals surface area contributed by atoms with Crippen LogP contribution in [-0.2, 0) is 10.0 Å². The number of benzene rings is 2. The average molecular weight is 318 g/mol. The predicted molar refractivity (Wildman–Crippen MR) is 91.1 cm³/mol. The number of nitrogen functional groups attached to an aromatic ring is 1. The summed E-state index contributed by atoms with van der Waals surface area (Å²) in [6.07, 6.45) is 0. The second kappa shape index (κ2) is 5.74. The number of hydrogen-bond donors (Lipinski definition) is 2. The third-order valence-corrected chi connectivity index (χ3v) is 4.90. The predicted octanol–water partition coefficient (Wildman–Crippen LogP) is 3.32. The lowest BCUT2D eigenvalue weighted by atomic mass is 10.0. The van der Waals surface area contributed by atoms with E-state index in [4.69, 9.17) is 5.73 Å². The first-order valence-corrected chi connectivity index (χ1v) is 8.57. The third kappa shape index (κ3) is 3.87. The van der Waals surface area contributed by atoms with Crippen LogP contribution in [0, 0.1) is 6.92 Å². The van der Waals surface area contributed by atoms with Crippen molar-refractivity contribution >= 4 is 15.7 Å². The zero-order chi connectivity index (χ0) is 16.5. The first kappa shape index (κ1) is 16.5. The minimum atomic E-state index is -3.60. The molecule has 0 saturated carbocycles. The van der Waals surface area contributed by atoms with Crippen molar-refractivity contribution in [2.45, 2.75) is 38.1 Å². The number of anilines is 1. The van der Waals surface area contributed by atoms with Gasteiger partial charge < -0.3 is 5.73 Å². The lowest BCUT2D eigenvalue weighted by Gasteiger charge is -2.22. The van der Waals surface area contributed by atoms with Gasteiger partial charge in [0.05, 0.1) is 4.90 Å². The van der Waals surface area contributed by atoms with E-state index in [-0.39, 0.29) is 4.90 Å². The molecule has 0 fully saturated rings. The Bertz CT molecular complexity index is 773. The zero-order valence-electron chi connectivity index (χ0n) is 13.3. The standard InChI is InChI=1S/C17H22N2O2S/c1-12-5-10-16(22(20,21)19-17(2,3)4)15(11-12)13-6-8-14(18)9-7-13/h5-11,19H,18H2,1-4H3. The lowest BCUT2D eigenvalue weighted by Crippen LogP contribution is -2.40. The van der Waals surface area contributed by atoms with Crippen LogP contribution in [0.4, 0.5) is 5.69 Å². The Balaban J connectivity index is 2.60. The van der Waals surface area contributed by atoms with Crippen LogP contribution in [0.1, 0.15) is 26.3 Å². The fourth-order valence-electron chi connectivity index (χ4n) is 2.22. The highest BCUT2D eigenvalue weighted by atomic mass is 32.2. The Kier molecular flexibility index (Phi) is 4.31. The van der Waals surface area contributed by atoms with E-state index in [1.54, 1.807) is 24.3 Å². The van der Waals surface area contributed by atoms with Crippen molar-refractivity contribution in [3.8, 4) is 11.1 Å². The molecule has 4 nitrogen and oxygen atoms in total. The Hall–Kier alpha value is -1.85. The first-order chi connectivity index (χ1) is 10.1. The van der Waals surface area contributed by atoms with Crippen molar-refractivity contribution in [3.63, 3.8) is 0 Å². The van der Waals surface area contributed by atoms with Gasteiger partial charge >= 0.3 is 0 Å². The summed E-state index contributed by atoms with van der Waals surface area (Å²) in [7, 11) is -3.60. The van der Waals surface area contributed by atoms with Crippen molar-refractivity contribution in [1.82, 2.24) is 4.72 Å². The highest BCUT2D eigenvalue weighted by Crippen LogP contribution is 2.29. The van der Waals surface area contributed by atoms with Crippen molar-refractivity contribution in [1.29, 1.82) is 0 Å². The van der Waals surface area contributed by atoms with E-state index in [0.717, 1.165) is 11.1 Å². The van der Waals surface area contributed by atoms with Crippen molar-refractivity contribution in [3.05, 3.63) is 48.0 Å². The Labute approximate surface area is 132 Å². The maximum absolute atomic E-state index is 12.7. The largest absolute Gasteiger partial charge is 0.399 e. The molecule has 0 saturated heterocycles. The van der Waals surface area contributed by atoms with Crippen LogP contribution in [0.15, 0.2) is 47.4 Å². The van der Waals surface area contributed by atoms with Gasteiger partial charge in [0.2, 0.25) is 10.0 Å². The van der Waals surface area contributed by atoms with Crippen LogP contribution >= 0.6 is 0 Å². The van der Waals surface area contributed by atoms with Gasteiger partial charge in [0.25, 0.3) is 0 Å². The lowest BCUT2D eigenvalue weighted by molar-refractivity contribution is 0.491. The molecule has 0 radical (unpaired) electrons. The summed E-state index contributed by atoms with van der Waals surface area (Å²) in [6, 6.07) is 12.5. The molecule has 5 heteroatoms. The van der Waals surface area contributed by atoms with Gasteiger partial charge in [-0.25, -0.2) is 13.1 Å². The zero-order valence-corrected chi connectivity index (χ0v) is 14.2. The van der Waals surface area contributed by atoms with Gasteiger partial charge in [0, 0.05) is 16.8 Å². The van der Waals surface area contributed by atoms with E-state index in [9.17, 15) is 8.42 Å². The fraction of sp³-hybridized carbons (Fsp3) is 0.294.